The van der Waals surface area contributed by atoms with E-state index in [0.29, 0.717) is 24.5 Å². The Morgan fingerprint density at radius 3 is 1.93 bits per heavy atom. The van der Waals surface area contributed by atoms with Crippen molar-refractivity contribution in [2.45, 2.75) is 31.4 Å². The van der Waals surface area contributed by atoms with Crippen molar-refractivity contribution in [1.82, 2.24) is 0 Å². The third kappa shape index (κ3) is 1.93. The summed E-state index contributed by atoms with van der Waals surface area (Å²) in [5, 5.41) is 0. The molecule has 0 aromatic carbocycles. The van der Waals surface area contributed by atoms with E-state index in [2.05, 4.69) is 0 Å². The molecule has 1 aliphatic carbocycles. The van der Waals surface area contributed by atoms with E-state index in [0.717, 1.165) is 6.42 Å². The van der Waals surface area contributed by atoms with Gasteiger partial charge in [0.2, 0.25) is 5.78 Å². The molecule has 1 aliphatic rings. The van der Waals surface area contributed by atoms with E-state index in [-0.39, 0.29) is 0 Å². The van der Waals surface area contributed by atoms with E-state index in [1.54, 1.807) is 0 Å². The lowest BCUT2D eigenvalue weighted by molar-refractivity contribution is -0.266. The van der Waals surface area contributed by atoms with Crippen LogP contribution in [0.25, 0.3) is 0 Å². The third-order valence-electron chi connectivity index (χ3n) is 2.00. The summed E-state index contributed by atoms with van der Waals surface area (Å²) in [6, 6.07) is 0. The average Bonchev–Trinajstić information content (AvgIpc) is 1.93. The fraction of sp³-hybridized carbons (Fsp3) is 0.625. The molecule has 0 atom stereocenters. The highest BCUT2D eigenvalue weighted by molar-refractivity contribution is 5.97. The van der Waals surface area contributed by atoms with Crippen molar-refractivity contribution in [2.24, 2.45) is 0 Å². The van der Waals surface area contributed by atoms with Crippen LogP contribution in [0.15, 0.2) is 11.6 Å². The molecule has 0 aliphatic heterocycles. The van der Waals surface area contributed by atoms with Crippen LogP contribution in [0.1, 0.15) is 19.3 Å². The van der Waals surface area contributed by atoms with E-state index < -0.39 is 17.9 Å². The molecule has 0 saturated heterocycles. The van der Waals surface area contributed by atoms with Crippen LogP contribution in [0, 0.1) is 0 Å². The van der Waals surface area contributed by atoms with Crippen molar-refractivity contribution in [3.8, 4) is 0 Å². The quantitative estimate of drug-likeness (QED) is 0.510. The summed E-state index contributed by atoms with van der Waals surface area (Å²) in [5.74, 6) is -7.42. The molecule has 14 heavy (non-hydrogen) atoms. The van der Waals surface area contributed by atoms with Gasteiger partial charge in [0.25, 0.3) is 0 Å². The van der Waals surface area contributed by atoms with Gasteiger partial charge in [-0.05, 0) is 25.3 Å². The Kier molecular flexibility index (Phi) is 2.65. The molecule has 6 heteroatoms. The van der Waals surface area contributed by atoms with Gasteiger partial charge in [0, 0.05) is 0 Å². The van der Waals surface area contributed by atoms with Crippen LogP contribution in [0.4, 0.5) is 22.0 Å². The first-order valence-electron chi connectivity index (χ1n) is 3.93. The largest absolute Gasteiger partial charge is 0.461 e. The Morgan fingerprint density at radius 1 is 1.14 bits per heavy atom. The summed E-state index contributed by atoms with van der Waals surface area (Å²) in [4.78, 5) is 10.6. The summed E-state index contributed by atoms with van der Waals surface area (Å²) in [6.07, 6.45) is -3.79. The molecule has 0 amide bonds. The van der Waals surface area contributed by atoms with Gasteiger partial charge in [-0.2, -0.15) is 22.0 Å². The molecule has 1 nitrogen and oxygen atoms in total. The molecular weight excluding hydrogens is 207 g/mol. The summed E-state index contributed by atoms with van der Waals surface area (Å²) in [5.41, 5.74) is 0.360. The minimum atomic E-state index is -5.80. The zero-order chi connectivity index (χ0) is 11.0. The van der Waals surface area contributed by atoms with E-state index in [4.69, 9.17) is 0 Å². The third-order valence-corrected chi connectivity index (χ3v) is 2.00. The normalized spacial score (nSPS) is 17.6. The van der Waals surface area contributed by atoms with Gasteiger partial charge in [0.05, 0.1) is 0 Å². The van der Waals surface area contributed by atoms with E-state index in [9.17, 15) is 26.7 Å². The highest BCUT2D eigenvalue weighted by Gasteiger charge is 2.62. The monoisotopic (exact) mass is 214 g/mol. The van der Waals surface area contributed by atoms with Crippen molar-refractivity contribution in [3.63, 3.8) is 0 Å². The maximum absolute atomic E-state index is 12.3. The Hall–Kier alpha value is -0.940. The molecule has 1 saturated carbocycles. The fourth-order valence-corrected chi connectivity index (χ4v) is 0.941. The number of allylic oxidation sites excluding steroid dienone is 2. The molecule has 0 radical (unpaired) electrons. The van der Waals surface area contributed by atoms with Gasteiger partial charge in [-0.15, -0.1) is 0 Å². The summed E-state index contributed by atoms with van der Waals surface area (Å²) in [6.45, 7) is 0. The zero-order valence-corrected chi connectivity index (χ0v) is 7.00. The minimum Gasteiger partial charge on any atom is -0.288 e. The smallest absolute Gasteiger partial charge is 0.288 e. The Balaban J connectivity index is 2.77. The number of halogens is 5. The predicted molar refractivity (Wildman–Crippen MR) is 37.9 cm³/mol. The molecule has 0 spiro atoms. The highest BCUT2D eigenvalue weighted by atomic mass is 19.4. The van der Waals surface area contributed by atoms with Crippen LogP contribution >= 0.6 is 0 Å². The van der Waals surface area contributed by atoms with Crippen molar-refractivity contribution in [1.29, 1.82) is 0 Å². The van der Waals surface area contributed by atoms with Crippen LogP contribution in [-0.2, 0) is 4.79 Å². The predicted octanol–water partition coefficient (Wildman–Crippen LogP) is 2.86. The zero-order valence-electron chi connectivity index (χ0n) is 7.00. The lowest BCUT2D eigenvalue weighted by Crippen LogP contribution is -2.43. The highest BCUT2D eigenvalue weighted by Crippen LogP contribution is 2.37. The number of ketones is 1. The molecule has 0 N–H and O–H groups in total. The van der Waals surface area contributed by atoms with Crippen LogP contribution in [-0.4, -0.2) is 17.9 Å². The Labute approximate surface area is 76.6 Å². The van der Waals surface area contributed by atoms with E-state index >= 15 is 0 Å². The topological polar surface area (TPSA) is 17.1 Å². The van der Waals surface area contributed by atoms with Crippen molar-refractivity contribution in [3.05, 3.63) is 11.6 Å². The van der Waals surface area contributed by atoms with Crippen LogP contribution < -0.4 is 0 Å². The maximum Gasteiger partial charge on any atom is 0.461 e. The molecule has 1 rings (SSSR count). The second-order valence-corrected chi connectivity index (χ2v) is 3.09. The number of carbonyl (C=O) groups is 1. The Bertz CT molecular complexity index is 270. The first kappa shape index (κ1) is 11.1. The van der Waals surface area contributed by atoms with E-state index in [1.807, 2.05) is 0 Å². The molecule has 0 heterocycles. The molecular formula is C8H7F5O. The van der Waals surface area contributed by atoms with E-state index in [1.165, 1.54) is 0 Å². The second kappa shape index (κ2) is 3.33. The van der Waals surface area contributed by atoms with Crippen molar-refractivity contribution in [2.75, 3.05) is 0 Å². The van der Waals surface area contributed by atoms with Crippen molar-refractivity contribution >= 4 is 5.78 Å². The first-order valence-corrected chi connectivity index (χ1v) is 3.93. The Morgan fingerprint density at radius 2 is 1.64 bits per heavy atom. The number of rotatable bonds is 2. The van der Waals surface area contributed by atoms with Crippen LogP contribution in [0.2, 0.25) is 0 Å². The van der Waals surface area contributed by atoms with Gasteiger partial charge in [-0.1, -0.05) is 5.57 Å². The number of hydrogen-bond donors (Lipinski definition) is 0. The van der Waals surface area contributed by atoms with Crippen molar-refractivity contribution < 1.29 is 26.7 Å². The van der Waals surface area contributed by atoms with Gasteiger partial charge in [-0.3, -0.25) is 4.79 Å². The molecule has 1 fully saturated rings. The second-order valence-electron chi connectivity index (χ2n) is 3.09. The molecule has 0 aromatic heterocycles. The van der Waals surface area contributed by atoms with Crippen LogP contribution in [0.3, 0.4) is 0 Å². The number of carbonyl (C=O) groups excluding carboxylic acids is 1. The van der Waals surface area contributed by atoms with Gasteiger partial charge >= 0.3 is 12.1 Å². The van der Waals surface area contributed by atoms with Gasteiger partial charge in [-0.25, -0.2) is 0 Å². The molecule has 0 bridgehead atoms. The van der Waals surface area contributed by atoms with Gasteiger partial charge in [0.15, 0.2) is 0 Å². The van der Waals surface area contributed by atoms with Crippen LogP contribution in [0.5, 0.6) is 0 Å². The standard InChI is InChI=1S/C8H7F5O/c9-7(10,8(11,12)13)6(14)4-5-2-1-3-5/h4H,1-3H2. The molecule has 0 aromatic rings. The van der Waals surface area contributed by atoms with Gasteiger partial charge in [0.1, 0.15) is 0 Å². The summed E-state index contributed by atoms with van der Waals surface area (Å²) < 4.78 is 59.6. The SMILES string of the molecule is O=C(C=C1CCC1)C(F)(F)C(F)(F)F. The summed E-state index contributed by atoms with van der Waals surface area (Å²) in [7, 11) is 0. The molecule has 0 unspecified atom stereocenters. The fourth-order valence-electron chi connectivity index (χ4n) is 0.941. The molecule has 80 valence electrons. The maximum atomic E-state index is 12.3. The lowest BCUT2D eigenvalue weighted by atomic mass is 9.91. The average molecular weight is 214 g/mol. The summed E-state index contributed by atoms with van der Waals surface area (Å²) >= 11 is 0. The lowest BCUT2D eigenvalue weighted by Gasteiger charge is -2.19. The minimum absolute atomic E-state index is 0.360. The number of alkyl halides is 5. The van der Waals surface area contributed by atoms with Gasteiger partial charge < -0.3 is 0 Å². The first-order chi connectivity index (χ1) is 6.25. The number of hydrogen-bond acceptors (Lipinski definition) is 1.